The van der Waals surface area contributed by atoms with Crippen LogP contribution in [0.25, 0.3) is 16.9 Å². The van der Waals surface area contributed by atoms with Crippen molar-refractivity contribution in [2.75, 3.05) is 26.1 Å². The molecule has 0 saturated heterocycles. The molecule has 0 aliphatic rings. The molecule has 206 valence electrons. The summed E-state index contributed by atoms with van der Waals surface area (Å²) in [6.45, 7) is 0.127. The van der Waals surface area contributed by atoms with Crippen molar-refractivity contribution < 1.29 is 19.1 Å². The Labute approximate surface area is 238 Å². The van der Waals surface area contributed by atoms with E-state index in [1.165, 1.54) is 4.90 Å². The Balaban J connectivity index is 1.44. The average molecular weight is 547 g/mol. The number of aromatic nitrogens is 2. The number of nitrogens with one attached hydrogen (secondary N) is 1. The fraction of sp³-hybridized carbons (Fsp3) is 0.121. The van der Waals surface area contributed by atoms with E-state index < -0.39 is 0 Å². The van der Waals surface area contributed by atoms with Crippen LogP contribution in [0.2, 0.25) is 0 Å². The minimum absolute atomic E-state index is 0.157. The number of amides is 2. The monoisotopic (exact) mass is 546 g/mol. The number of ether oxygens (including phenoxy) is 2. The second kappa shape index (κ2) is 12.7. The molecule has 1 aromatic heterocycles. The van der Waals surface area contributed by atoms with Crippen LogP contribution in [0.5, 0.6) is 11.5 Å². The predicted octanol–water partition coefficient (Wildman–Crippen LogP) is 5.84. The second-order valence-electron chi connectivity index (χ2n) is 9.31. The van der Waals surface area contributed by atoms with Gasteiger partial charge >= 0.3 is 0 Å². The lowest BCUT2D eigenvalue weighted by molar-refractivity contribution is -0.117. The Morgan fingerprint density at radius 2 is 1.37 bits per heavy atom. The Kier molecular flexibility index (Phi) is 8.40. The molecule has 1 heterocycles. The number of benzene rings is 4. The zero-order valence-electron chi connectivity index (χ0n) is 22.9. The fourth-order valence-corrected chi connectivity index (χ4v) is 4.41. The molecule has 0 bridgehead atoms. The lowest BCUT2D eigenvalue weighted by Gasteiger charge is -2.22. The molecule has 4 aromatic carbocycles. The Morgan fingerprint density at radius 1 is 0.780 bits per heavy atom. The van der Waals surface area contributed by atoms with E-state index in [9.17, 15) is 9.59 Å². The van der Waals surface area contributed by atoms with Crippen LogP contribution in [-0.4, -0.2) is 47.0 Å². The van der Waals surface area contributed by atoms with Crippen molar-refractivity contribution in [3.05, 3.63) is 127 Å². The summed E-state index contributed by atoms with van der Waals surface area (Å²) >= 11 is 0. The van der Waals surface area contributed by atoms with Gasteiger partial charge in [0.25, 0.3) is 5.91 Å². The van der Waals surface area contributed by atoms with Crippen molar-refractivity contribution in [2.24, 2.45) is 0 Å². The first-order valence-electron chi connectivity index (χ1n) is 13.1. The first kappa shape index (κ1) is 27.2. The molecule has 8 heteroatoms. The van der Waals surface area contributed by atoms with Gasteiger partial charge in [-0.15, -0.1) is 0 Å². The van der Waals surface area contributed by atoms with Crippen molar-refractivity contribution >= 4 is 17.8 Å². The minimum Gasteiger partial charge on any atom is -0.497 e. The standard InChI is InChI=1S/C33H30N4O4/c1-40-28-17-13-25(14-18-28)30-22-37(27-15-19-29(41-2)20-16-27)33(34-30)35-31(38)23-36(21-24-9-5-3-6-10-24)32(39)26-11-7-4-8-12-26/h3-20,22H,21,23H2,1-2H3,(H,34,35,38). The number of carbonyl (C=O) groups is 2. The molecule has 41 heavy (non-hydrogen) atoms. The molecule has 0 unspecified atom stereocenters. The summed E-state index contributed by atoms with van der Waals surface area (Å²) < 4.78 is 12.4. The SMILES string of the molecule is COc1ccc(-c2cn(-c3ccc(OC)cc3)c(NC(=O)CN(Cc3ccccc3)C(=O)c3ccccc3)n2)cc1. The number of hydrogen-bond donors (Lipinski definition) is 1. The van der Waals surface area contributed by atoms with E-state index in [1.54, 1.807) is 43.1 Å². The maximum Gasteiger partial charge on any atom is 0.254 e. The van der Waals surface area contributed by atoms with Gasteiger partial charge < -0.3 is 14.4 Å². The van der Waals surface area contributed by atoms with E-state index in [1.807, 2.05) is 91.1 Å². The molecule has 0 fully saturated rings. The smallest absolute Gasteiger partial charge is 0.254 e. The molecular weight excluding hydrogens is 516 g/mol. The van der Waals surface area contributed by atoms with Crippen molar-refractivity contribution in [2.45, 2.75) is 6.54 Å². The van der Waals surface area contributed by atoms with Crippen LogP contribution < -0.4 is 14.8 Å². The lowest BCUT2D eigenvalue weighted by Crippen LogP contribution is -2.38. The predicted molar refractivity (Wildman–Crippen MR) is 158 cm³/mol. The zero-order chi connectivity index (χ0) is 28.6. The van der Waals surface area contributed by atoms with Gasteiger partial charge in [-0.25, -0.2) is 4.98 Å². The van der Waals surface area contributed by atoms with Crippen LogP contribution in [0.3, 0.4) is 0 Å². The molecule has 2 amide bonds. The number of anilines is 1. The van der Waals surface area contributed by atoms with E-state index in [-0.39, 0.29) is 24.9 Å². The summed E-state index contributed by atoms with van der Waals surface area (Å²) in [5.74, 6) is 1.18. The number of nitrogens with zero attached hydrogens (tertiary/aromatic N) is 3. The van der Waals surface area contributed by atoms with Gasteiger partial charge in [-0.3, -0.25) is 19.5 Å². The summed E-state index contributed by atoms with van der Waals surface area (Å²) in [7, 11) is 3.22. The van der Waals surface area contributed by atoms with Gasteiger partial charge in [0, 0.05) is 29.6 Å². The maximum atomic E-state index is 13.5. The summed E-state index contributed by atoms with van der Waals surface area (Å²) in [6.07, 6.45) is 1.86. The summed E-state index contributed by atoms with van der Waals surface area (Å²) in [4.78, 5) is 33.2. The van der Waals surface area contributed by atoms with Crippen LogP contribution in [-0.2, 0) is 11.3 Å². The molecule has 0 spiro atoms. The van der Waals surface area contributed by atoms with E-state index in [2.05, 4.69) is 5.32 Å². The summed E-state index contributed by atoms with van der Waals surface area (Å²) in [6, 6.07) is 33.5. The van der Waals surface area contributed by atoms with Crippen LogP contribution in [0.15, 0.2) is 115 Å². The topological polar surface area (TPSA) is 85.7 Å². The largest absolute Gasteiger partial charge is 0.497 e. The zero-order valence-corrected chi connectivity index (χ0v) is 22.9. The molecule has 0 aliphatic heterocycles. The van der Waals surface area contributed by atoms with Crippen molar-refractivity contribution in [1.29, 1.82) is 0 Å². The van der Waals surface area contributed by atoms with Gasteiger partial charge in [-0.05, 0) is 66.2 Å². The fourth-order valence-electron chi connectivity index (χ4n) is 4.41. The van der Waals surface area contributed by atoms with E-state index in [0.717, 1.165) is 22.6 Å². The third kappa shape index (κ3) is 6.62. The van der Waals surface area contributed by atoms with Crippen LogP contribution >= 0.6 is 0 Å². The third-order valence-corrected chi connectivity index (χ3v) is 6.55. The molecular formula is C33H30N4O4. The van der Waals surface area contributed by atoms with Crippen molar-refractivity contribution in [3.63, 3.8) is 0 Å². The Hall–Kier alpha value is -5.37. The highest BCUT2D eigenvalue weighted by molar-refractivity contribution is 5.99. The van der Waals surface area contributed by atoms with E-state index >= 15 is 0 Å². The highest BCUT2D eigenvalue weighted by Gasteiger charge is 2.21. The Morgan fingerprint density at radius 3 is 1.98 bits per heavy atom. The molecule has 5 rings (SSSR count). The van der Waals surface area contributed by atoms with Gasteiger partial charge in [0.05, 0.1) is 19.9 Å². The number of methoxy groups -OCH3 is 2. The highest BCUT2D eigenvalue weighted by atomic mass is 16.5. The number of rotatable bonds is 10. The normalized spacial score (nSPS) is 10.6. The molecule has 8 nitrogen and oxygen atoms in total. The van der Waals surface area contributed by atoms with Crippen molar-refractivity contribution in [3.8, 4) is 28.4 Å². The van der Waals surface area contributed by atoms with Gasteiger partial charge in [-0.1, -0.05) is 48.5 Å². The highest BCUT2D eigenvalue weighted by Crippen LogP contribution is 2.27. The van der Waals surface area contributed by atoms with Crippen LogP contribution in [0.4, 0.5) is 5.95 Å². The molecule has 0 radical (unpaired) electrons. The average Bonchev–Trinajstić information content (AvgIpc) is 3.44. The van der Waals surface area contributed by atoms with E-state index in [0.29, 0.717) is 23.0 Å². The molecule has 0 saturated carbocycles. The maximum absolute atomic E-state index is 13.5. The van der Waals surface area contributed by atoms with Crippen LogP contribution in [0.1, 0.15) is 15.9 Å². The first-order chi connectivity index (χ1) is 20.0. The van der Waals surface area contributed by atoms with Gasteiger partial charge in [0.15, 0.2) is 0 Å². The van der Waals surface area contributed by atoms with Crippen molar-refractivity contribution in [1.82, 2.24) is 14.5 Å². The van der Waals surface area contributed by atoms with Gasteiger partial charge in [0.1, 0.15) is 18.0 Å². The van der Waals surface area contributed by atoms with Gasteiger partial charge in [-0.2, -0.15) is 0 Å². The summed E-state index contributed by atoms with van der Waals surface area (Å²) in [5.41, 5.74) is 3.75. The molecule has 0 atom stereocenters. The van der Waals surface area contributed by atoms with Crippen LogP contribution in [0, 0.1) is 0 Å². The van der Waals surface area contributed by atoms with Gasteiger partial charge in [0.2, 0.25) is 11.9 Å². The third-order valence-electron chi connectivity index (χ3n) is 6.55. The molecule has 0 aliphatic carbocycles. The minimum atomic E-state index is -0.369. The molecule has 1 N–H and O–H groups in total. The quantitative estimate of drug-likeness (QED) is 0.238. The number of carbonyl (C=O) groups excluding carboxylic acids is 2. The second-order valence-corrected chi connectivity index (χ2v) is 9.31. The number of imidazole rings is 1. The van der Waals surface area contributed by atoms with E-state index in [4.69, 9.17) is 14.5 Å². The lowest BCUT2D eigenvalue weighted by atomic mass is 10.1. The Bertz CT molecular complexity index is 1600. The number of hydrogen-bond acceptors (Lipinski definition) is 5. The summed E-state index contributed by atoms with van der Waals surface area (Å²) in [5, 5.41) is 2.94. The molecule has 5 aromatic rings. The first-order valence-corrected chi connectivity index (χ1v) is 13.1.